The van der Waals surface area contributed by atoms with Gasteiger partial charge in [0.05, 0.1) is 0 Å². The molecule has 1 N–H and O–H groups in total. The van der Waals surface area contributed by atoms with E-state index in [-0.39, 0.29) is 5.91 Å². The summed E-state index contributed by atoms with van der Waals surface area (Å²) < 4.78 is 11.6. The summed E-state index contributed by atoms with van der Waals surface area (Å²) in [4.78, 5) is 12.9. The Bertz CT molecular complexity index is 764. The third-order valence-electron chi connectivity index (χ3n) is 5.56. The molecule has 1 fully saturated rings. The molecule has 1 aliphatic carbocycles. The fourth-order valence-corrected chi connectivity index (χ4v) is 3.62. The number of hydrogen-bond acceptors (Lipinski definition) is 3. The van der Waals surface area contributed by atoms with E-state index in [2.05, 4.69) is 12.2 Å². The smallest absolute Gasteiger partial charge is 0.256 e. The van der Waals surface area contributed by atoms with Crippen molar-refractivity contribution in [2.75, 3.05) is 12.4 Å². The van der Waals surface area contributed by atoms with E-state index in [0.717, 1.165) is 48.2 Å². The Morgan fingerprint density at radius 2 is 1.85 bits per heavy atom. The molecule has 0 unspecified atom stereocenters. The third kappa shape index (κ3) is 4.69. The van der Waals surface area contributed by atoms with Crippen LogP contribution in [-0.4, -0.2) is 18.6 Å². The summed E-state index contributed by atoms with van der Waals surface area (Å²) in [6.45, 7) is 4.75. The summed E-state index contributed by atoms with van der Waals surface area (Å²) in [6.07, 6.45) is 3.58. The Morgan fingerprint density at radius 1 is 1.15 bits per heavy atom. The molecule has 0 spiro atoms. The van der Waals surface area contributed by atoms with Crippen LogP contribution in [0.1, 0.15) is 43.7 Å². The molecule has 1 aliphatic rings. The number of benzene rings is 2. The maximum absolute atomic E-state index is 12.9. The van der Waals surface area contributed by atoms with Gasteiger partial charge in [-0.3, -0.25) is 4.79 Å². The van der Waals surface area contributed by atoms with E-state index >= 15 is 0 Å². The SMILES string of the molecule is COC1(C(=O)Nc2ccc(OCc3ccccc3)c(C)c2)CCC(C)CC1. The number of methoxy groups -OCH3 is 1. The number of hydrogen-bond donors (Lipinski definition) is 1. The zero-order valence-corrected chi connectivity index (χ0v) is 16.5. The van der Waals surface area contributed by atoms with Gasteiger partial charge in [-0.15, -0.1) is 0 Å². The monoisotopic (exact) mass is 367 g/mol. The summed E-state index contributed by atoms with van der Waals surface area (Å²) in [7, 11) is 1.64. The largest absolute Gasteiger partial charge is 0.489 e. The molecule has 4 heteroatoms. The van der Waals surface area contributed by atoms with E-state index in [9.17, 15) is 4.79 Å². The minimum Gasteiger partial charge on any atom is -0.489 e. The molecular weight excluding hydrogens is 338 g/mol. The van der Waals surface area contributed by atoms with Crippen molar-refractivity contribution in [3.8, 4) is 5.75 Å². The molecule has 27 heavy (non-hydrogen) atoms. The van der Waals surface area contributed by atoms with Crippen LogP contribution < -0.4 is 10.1 Å². The number of carbonyl (C=O) groups is 1. The number of carbonyl (C=O) groups excluding carboxylic acids is 1. The predicted octanol–water partition coefficient (Wildman–Crippen LogP) is 5.11. The molecule has 4 nitrogen and oxygen atoms in total. The molecule has 0 bridgehead atoms. The van der Waals surface area contributed by atoms with Crippen LogP contribution in [0.5, 0.6) is 5.75 Å². The second kappa shape index (κ2) is 8.57. The highest BCUT2D eigenvalue weighted by Crippen LogP contribution is 2.35. The lowest BCUT2D eigenvalue weighted by atomic mass is 9.79. The zero-order chi connectivity index (χ0) is 19.3. The lowest BCUT2D eigenvalue weighted by molar-refractivity contribution is -0.142. The van der Waals surface area contributed by atoms with Crippen molar-refractivity contribution in [2.24, 2.45) is 5.92 Å². The molecule has 2 aromatic carbocycles. The summed E-state index contributed by atoms with van der Waals surface area (Å²) in [5.41, 5.74) is 2.19. The minimum absolute atomic E-state index is 0.0470. The van der Waals surface area contributed by atoms with Gasteiger partial charge in [-0.2, -0.15) is 0 Å². The predicted molar refractivity (Wildman–Crippen MR) is 108 cm³/mol. The first-order valence-electron chi connectivity index (χ1n) is 9.66. The fraction of sp³-hybridized carbons (Fsp3) is 0.435. The highest BCUT2D eigenvalue weighted by atomic mass is 16.5. The molecule has 0 heterocycles. The average Bonchev–Trinajstić information content (AvgIpc) is 2.69. The maximum Gasteiger partial charge on any atom is 0.256 e. The Balaban J connectivity index is 1.64. The molecule has 1 saturated carbocycles. The minimum atomic E-state index is -0.705. The van der Waals surface area contributed by atoms with Crippen molar-refractivity contribution < 1.29 is 14.3 Å². The van der Waals surface area contributed by atoms with Gasteiger partial charge in [0.2, 0.25) is 0 Å². The molecule has 0 saturated heterocycles. The lowest BCUT2D eigenvalue weighted by Crippen LogP contribution is -2.47. The number of aryl methyl sites for hydroxylation is 1. The standard InChI is InChI=1S/C23H29NO3/c1-17-11-13-23(26-3,14-12-17)22(25)24-20-9-10-21(18(2)15-20)27-16-19-7-5-4-6-8-19/h4-10,15,17H,11-14,16H2,1-3H3,(H,24,25). The topological polar surface area (TPSA) is 47.6 Å². The molecule has 0 radical (unpaired) electrons. The first-order valence-corrected chi connectivity index (χ1v) is 9.66. The quantitative estimate of drug-likeness (QED) is 0.772. The van der Waals surface area contributed by atoms with Crippen LogP contribution in [0, 0.1) is 12.8 Å². The number of ether oxygens (including phenoxy) is 2. The van der Waals surface area contributed by atoms with Crippen LogP contribution in [0.4, 0.5) is 5.69 Å². The first-order chi connectivity index (χ1) is 13.0. The molecule has 0 atom stereocenters. The van der Waals surface area contributed by atoms with E-state index in [4.69, 9.17) is 9.47 Å². The van der Waals surface area contributed by atoms with Gasteiger partial charge in [-0.05, 0) is 67.9 Å². The van der Waals surface area contributed by atoms with Gasteiger partial charge in [0.25, 0.3) is 5.91 Å². The van der Waals surface area contributed by atoms with Crippen LogP contribution in [0.25, 0.3) is 0 Å². The molecule has 144 valence electrons. The van der Waals surface area contributed by atoms with Crippen molar-refractivity contribution in [1.82, 2.24) is 0 Å². The number of anilines is 1. The van der Waals surface area contributed by atoms with Gasteiger partial charge in [0, 0.05) is 12.8 Å². The Morgan fingerprint density at radius 3 is 2.48 bits per heavy atom. The molecule has 0 aromatic heterocycles. The van der Waals surface area contributed by atoms with Crippen LogP contribution in [-0.2, 0) is 16.1 Å². The number of nitrogens with one attached hydrogen (secondary N) is 1. The number of amides is 1. The average molecular weight is 367 g/mol. The van der Waals surface area contributed by atoms with Crippen LogP contribution in [0.15, 0.2) is 48.5 Å². The normalized spacial score (nSPS) is 22.3. The zero-order valence-electron chi connectivity index (χ0n) is 16.5. The first kappa shape index (κ1) is 19.4. The van der Waals surface area contributed by atoms with Gasteiger partial charge in [0.1, 0.15) is 18.0 Å². The Labute approximate surface area is 161 Å². The van der Waals surface area contributed by atoms with Crippen LogP contribution in [0.3, 0.4) is 0 Å². The fourth-order valence-electron chi connectivity index (χ4n) is 3.62. The van der Waals surface area contributed by atoms with E-state index < -0.39 is 5.60 Å². The highest BCUT2D eigenvalue weighted by Gasteiger charge is 2.41. The summed E-state index contributed by atoms with van der Waals surface area (Å²) in [6, 6.07) is 15.8. The van der Waals surface area contributed by atoms with Gasteiger partial charge < -0.3 is 14.8 Å². The second-order valence-electron chi connectivity index (χ2n) is 7.59. The molecule has 1 amide bonds. The van der Waals surface area contributed by atoms with Crippen LogP contribution in [0.2, 0.25) is 0 Å². The summed E-state index contributed by atoms with van der Waals surface area (Å²) in [5.74, 6) is 1.43. The molecule has 2 aromatic rings. The van der Waals surface area contributed by atoms with E-state index in [1.54, 1.807) is 7.11 Å². The lowest BCUT2D eigenvalue weighted by Gasteiger charge is -2.36. The van der Waals surface area contributed by atoms with E-state index in [1.807, 2.05) is 55.5 Å². The Kier molecular flexibility index (Phi) is 6.17. The van der Waals surface area contributed by atoms with E-state index in [1.165, 1.54) is 0 Å². The molecule has 3 rings (SSSR count). The van der Waals surface area contributed by atoms with Crippen molar-refractivity contribution in [3.63, 3.8) is 0 Å². The second-order valence-corrected chi connectivity index (χ2v) is 7.59. The highest BCUT2D eigenvalue weighted by molar-refractivity contribution is 5.97. The molecular formula is C23H29NO3. The van der Waals surface area contributed by atoms with Crippen molar-refractivity contribution in [3.05, 3.63) is 59.7 Å². The number of rotatable bonds is 6. The maximum atomic E-state index is 12.9. The molecule has 0 aliphatic heterocycles. The summed E-state index contributed by atoms with van der Waals surface area (Å²) in [5, 5.41) is 3.04. The van der Waals surface area contributed by atoms with Gasteiger partial charge in [0.15, 0.2) is 0 Å². The summed E-state index contributed by atoms with van der Waals surface area (Å²) >= 11 is 0. The van der Waals surface area contributed by atoms with Crippen LogP contribution >= 0.6 is 0 Å². The van der Waals surface area contributed by atoms with Crippen molar-refractivity contribution in [1.29, 1.82) is 0 Å². The van der Waals surface area contributed by atoms with Crippen molar-refractivity contribution >= 4 is 11.6 Å². The van der Waals surface area contributed by atoms with Gasteiger partial charge >= 0.3 is 0 Å². The van der Waals surface area contributed by atoms with Crippen molar-refractivity contribution in [2.45, 2.75) is 51.7 Å². The third-order valence-corrected chi connectivity index (χ3v) is 5.56. The van der Waals surface area contributed by atoms with Gasteiger partial charge in [-0.1, -0.05) is 37.3 Å². The van der Waals surface area contributed by atoms with E-state index in [0.29, 0.717) is 12.5 Å². The Hall–Kier alpha value is -2.33. The van der Waals surface area contributed by atoms with Gasteiger partial charge in [-0.25, -0.2) is 0 Å².